The van der Waals surface area contributed by atoms with Crippen LogP contribution in [0, 0.1) is 0 Å². The normalized spacial score (nSPS) is 18.1. The van der Waals surface area contributed by atoms with E-state index < -0.39 is 18.1 Å². The summed E-state index contributed by atoms with van der Waals surface area (Å²) in [5.41, 5.74) is -0.619. The van der Waals surface area contributed by atoms with E-state index in [9.17, 15) is 18.0 Å². The van der Waals surface area contributed by atoms with Gasteiger partial charge in [0.05, 0.1) is 5.54 Å². The Morgan fingerprint density at radius 3 is 2.35 bits per heavy atom. The van der Waals surface area contributed by atoms with Crippen molar-refractivity contribution in [3.8, 4) is 0 Å². The summed E-state index contributed by atoms with van der Waals surface area (Å²) in [6, 6.07) is 0. The van der Waals surface area contributed by atoms with E-state index in [1.165, 1.54) is 0 Å². The first kappa shape index (κ1) is 17.2. The minimum Gasteiger partial charge on any atom is -0.355 e. The number of alkyl halides is 3. The van der Waals surface area contributed by atoms with Crippen LogP contribution in [0.5, 0.6) is 0 Å². The van der Waals surface area contributed by atoms with Crippen LogP contribution < -0.4 is 10.6 Å². The number of halogens is 3. The number of rotatable bonds is 6. The molecular formula is C13H24F3N3O. The predicted octanol–water partition coefficient (Wildman–Crippen LogP) is 1.52. The lowest BCUT2D eigenvalue weighted by Crippen LogP contribution is -2.60. The second-order valence-corrected chi connectivity index (χ2v) is 5.62. The molecule has 0 aromatic heterocycles. The fraction of sp³-hybridized carbons (Fsp3) is 0.923. The topological polar surface area (TPSA) is 44.4 Å². The molecule has 1 rings (SSSR count). The van der Waals surface area contributed by atoms with Crippen molar-refractivity contribution in [2.45, 2.75) is 44.8 Å². The van der Waals surface area contributed by atoms with Gasteiger partial charge in [0.1, 0.15) is 0 Å². The molecule has 1 fully saturated rings. The van der Waals surface area contributed by atoms with Crippen LogP contribution in [0.2, 0.25) is 0 Å². The van der Waals surface area contributed by atoms with E-state index in [0.29, 0.717) is 13.0 Å². The summed E-state index contributed by atoms with van der Waals surface area (Å²) in [4.78, 5) is 14.2. The van der Waals surface area contributed by atoms with E-state index in [-0.39, 0.29) is 12.3 Å². The number of hydrogen-bond donors (Lipinski definition) is 2. The first-order valence-electron chi connectivity index (χ1n) is 7.04. The van der Waals surface area contributed by atoms with Gasteiger partial charge in [-0.2, -0.15) is 13.2 Å². The average molecular weight is 295 g/mol. The molecular weight excluding hydrogens is 271 g/mol. The third kappa shape index (κ3) is 5.66. The molecule has 0 atom stereocenters. The third-order valence-electron chi connectivity index (χ3n) is 3.64. The molecule has 0 radical (unpaired) electrons. The zero-order chi connectivity index (χ0) is 15.2. The number of nitrogens with zero attached hydrogens (tertiary/aromatic N) is 1. The van der Waals surface area contributed by atoms with Crippen LogP contribution in [-0.4, -0.2) is 55.2 Å². The maximum atomic E-state index is 12.1. The molecule has 4 nitrogen and oxygen atoms in total. The minimum absolute atomic E-state index is 0.0534. The lowest BCUT2D eigenvalue weighted by Gasteiger charge is -2.39. The van der Waals surface area contributed by atoms with Gasteiger partial charge < -0.3 is 10.6 Å². The molecule has 0 unspecified atom stereocenters. The Bertz CT molecular complexity index is 312. The molecule has 1 heterocycles. The Morgan fingerprint density at radius 2 is 1.80 bits per heavy atom. The van der Waals surface area contributed by atoms with E-state index in [1.807, 2.05) is 13.8 Å². The zero-order valence-corrected chi connectivity index (χ0v) is 12.1. The molecule has 2 N–H and O–H groups in total. The fourth-order valence-corrected chi connectivity index (χ4v) is 2.24. The number of hydrogen-bond acceptors (Lipinski definition) is 3. The average Bonchev–Trinajstić information content (AvgIpc) is 2.37. The van der Waals surface area contributed by atoms with Gasteiger partial charge in [0.15, 0.2) is 0 Å². The van der Waals surface area contributed by atoms with E-state index in [4.69, 9.17) is 0 Å². The van der Waals surface area contributed by atoms with Crippen LogP contribution in [0.4, 0.5) is 13.2 Å². The minimum atomic E-state index is -4.11. The second kappa shape index (κ2) is 7.26. The highest BCUT2D eigenvalue weighted by Crippen LogP contribution is 2.22. The molecule has 0 aliphatic carbocycles. The van der Waals surface area contributed by atoms with Gasteiger partial charge in [-0.15, -0.1) is 0 Å². The summed E-state index contributed by atoms with van der Waals surface area (Å²) < 4.78 is 35.9. The van der Waals surface area contributed by atoms with Gasteiger partial charge >= 0.3 is 6.18 Å². The molecule has 20 heavy (non-hydrogen) atoms. The van der Waals surface area contributed by atoms with E-state index in [2.05, 4.69) is 15.5 Å². The molecule has 0 bridgehead atoms. The molecule has 118 valence electrons. The highest BCUT2D eigenvalue weighted by Gasteiger charge is 2.34. The molecule has 0 aromatic rings. The Morgan fingerprint density at radius 1 is 1.20 bits per heavy atom. The summed E-state index contributed by atoms with van der Waals surface area (Å²) in [6.45, 7) is 7.30. The SMILES string of the molecule is CC(C)(C(=O)NCCCCC(F)(F)F)N1CCNCC1. The van der Waals surface area contributed by atoms with Crippen molar-refractivity contribution in [1.82, 2.24) is 15.5 Å². The van der Waals surface area contributed by atoms with Crippen LogP contribution in [-0.2, 0) is 4.79 Å². The van der Waals surface area contributed by atoms with Crippen molar-refractivity contribution in [1.29, 1.82) is 0 Å². The molecule has 0 aromatic carbocycles. The molecule has 1 amide bonds. The van der Waals surface area contributed by atoms with Crippen molar-refractivity contribution in [3.63, 3.8) is 0 Å². The van der Waals surface area contributed by atoms with Gasteiger partial charge in [-0.05, 0) is 26.7 Å². The Balaban J connectivity index is 2.27. The molecule has 0 saturated carbocycles. The summed E-state index contributed by atoms with van der Waals surface area (Å²) in [6.07, 6.45) is -4.49. The highest BCUT2D eigenvalue weighted by molar-refractivity contribution is 5.85. The summed E-state index contributed by atoms with van der Waals surface area (Å²) in [7, 11) is 0. The Labute approximate surface area is 118 Å². The van der Waals surface area contributed by atoms with Crippen LogP contribution in [0.3, 0.4) is 0 Å². The smallest absolute Gasteiger partial charge is 0.355 e. The lowest BCUT2D eigenvalue weighted by atomic mass is 10.0. The quantitative estimate of drug-likeness (QED) is 0.730. The summed E-state index contributed by atoms with van der Waals surface area (Å²) >= 11 is 0. The van der Waals surface area contributed by atoms with E-state index >= 15 is 0 Å². The summed E-state index contributed by atoms with van der Waals surface area (Å²) in [5.74, 6) is -0.119. The molecule has 0 spiro atoms. The lowest BCUT2D eigenvalue weighted by molar-refractivity contribution is -0.135. The standard InChI is InChI=1S/C13H24F3N3O/c1-12(2,19-9-7-17-8-10-19)11(20)18-6-4-3-5-13(14,15)16/h17H,3-10H2,1-2H3,(H,18,20). The Hall–Kier alpha value is -0.820. The molecule has 1 aliphatic heterocycles. The Kier molecular flexibility index (Phi) is 6.26. The van der Waals surface area contributed by atoms with Crippen molar-refractivity contribution >= 4 is 5.91 Å². The van der Waals surface area contributed by atoms with Gasteiger partial charge in [0, 0.05) is 39.1 Å². The van der Waals surface area contributed by atoms with Gasteiger partial charge in [0.2, 0.25) is 5.91 Å². The van der Waals surface area contributed by atoms with Crippen LogP contribution in [0.1, 0.15) is 33.1 Å². The highest BCUT2D eigenvalue weighted by atomic mass is 19.4. The van der Waals surface area contributed by atoms with Gasteiger partial charge in [-0.1, -0.05) is 0 Å². The number of amides is 1. The zero-order valence-electron chi connectivity index (χ0n) is 12.1. The van der Waals surface area contributed by atoms with Gasteiger partial charge in [-0.3, -0.25) is 9.69 Å². The third-order valence-corrected chi connectivity index (χ3v) is 3.64. The molecule has 7 heteroatoms. The number of carbonyl (C=O) groups excluding carboxylic acids is 1. The van der Waals surface area contributed by atoms with Crippen LogP contribution in [0.25, 0.3) is 0 Å². The monoisotopic (exact) mass is 295 g/mol. The van der Waals surface area contributed by atoms with Crippen LogP contribution >= 0.6 is 0 Å². The van der Waals surface area contributed by atoms with Crippen molar-refractivity contribution < 1.29 is 18.0 Å². The second-order valence-electron chi connectivity index (χ2n) is 5.62. The van der Waals surface area contributed by atoms with E-state index in [1.54, 1.807) is 0 Å². The van der Waals surface area contributed by atoms with Crippen LogP contribution in [0.15, 0.2) is 0 Å². The maximum Gasteiger partial charge on any atom is 0.389 e. The van der Waals surface area contributed by atoms with Crippen molar-refractivity contribution in [3.05, 3.63) is 0 Å². The molecule has 1 aliphatic rings. The summed E-state index contributed by atoms with van der Waals surface area (Å²) in [5, 5.41) is 5.96. The van der Waals surface area contributed by atoms with E-state index in [0.717, 1.165) is 26.2 Å². The maximum absolute atomic E-state index is 12.1. The van der Waals surface area contributed by atoms with Crippen molar-refractivity contribution in [2.75, 3.05) is 32.7 Å². The van der Waals surface area contributed by atoms with Crippen molar-refractivity contribution in [2.24, 2.45) is 0 Å². The number of nitrogens with one attached hydrogen (secondary N) is 2. The van der Waals surface area contributed by atoms with Gasteiger partial charge in [0.25, 0.3) is 0 Å². The first-order chi connectivity index (χ1) is 9.23. The van der Waals surface area contributed by atoms with Gasteiger partial charge in [-0.25, -0.2) is 0 Å². The largest absolute Gasteiger partial charge is 0.389 e. The predicted molar refractivity (Wildman–Crippen MR) is 71.4 cm³/mol. The first-order valence-corrected chi connectivity index (χ1v) is 7.04. The number of piperazine rings is 1. The molecule has 1 saturated heterocycles. The fourth-order valence-electron chi connectivity index (χ4n) is 2.24. The number of carbonyl (C=O) groups is 1. The number of unbranched alkanes of at least 4 members (excludes halogenated alkanes) is 1.